The van der Waals surface area contributed by atoms with Gasteiger partial charge in [-0.2, -0.15) is 4.98 Å². The Hall–Kier alpha value is -3.26. The van der Waals surface area contributed by atoms with Gasteiger partial charge in [-0.1, -0.05) is 28.9 Å². The van der Waals surface area contributed by atoms with Gasteiger partial charge in [0, 0.05) is 0 Å². The maximum Gasteiger partial charge on any atom is 0.338 e. The number of halogens is 1. The van der Waals surface area contributed by atoms with Crippen molar-refractivity contribution >= 4 is 17.6 Å². The highest BCUT2D eigenvalue weighted by Crippen LogP contribution is 2.38. The molecule has 1 aromatic heterocycles. The van der Waals surface area contributed by atoms with Gasteiger partial charge in [-0.05, 0) is 24.3 Å². The Morgan fingerprint density at radius 1 is 1.07 bits per heavy atom. The summed E-state index contributed by atoms with van der Waals surface area (Å²) in [5.74, 6) is 0.899. The van der Waals surface area contributed by atoms with E-state index in [9.17, 15) is 4.79 Å². The van der Waals surface area contributed by atoms with E-state index in [1.807, 2.05) is 0 Å². The van der Waals surface area contributed by atoms with Crippen LogP contribution in [-0.4, -0.2) is 37.4 Å². The molecule has 0 aliphatic carbocycles. The molecule has 1 heterocycles. The Balaban J connectivity index is 1.74. The van der Waals surface area contributed by atoms with Gasteiger partial charge in [0.1, 0.15) is 0 Å². The zero-order valence-electron chi connectivity index (χ0n) is 15.4. The average Bonchev–Trinajstić information content (AvgIpc) is 3.19. The number of ether oxygens (including phenoxy) is 4. The molecule has 0 saturated heterocycles. The summed E-state index contributed by atoms with van der Waals surface area (Å²) < 4.78 is 26.1. The molecule has 0 atom stereocenters. The Morgan fingerprint density at radius 2 is 1.75 bits per heavy atom. The SMILES string of the molecule is COc1cc(C(=O)OCc2noc(-c3ccccc3Cl)n2)cc(OC)c1OC. The first kappa shape index (κ1) is 19.5. The van der Waals surface area contributed by atoms with Gasteiger partial charge in [-0.15, -0.1) is 0 Å². The minimum atomic E-state index is -0.608. The maximum absolute atomic E-state index is 12.4. The van der Waals surface area contributed by atoms with E-state index >= 15 is 0 Å². The van der Waals surface area contributed by atoms with Crippen molar-refractivity contribution in [1.82, 2.24) is 10.1 Å². The smallest absolute Gasteiger partial charge is 0.338 e. The summed E-state index contributed by atoms with van der Waals surface area (Å²) in [5.41, 5.74) is 0.822. The molecule has 0 fully saturated rings. The second-order valence-electron chi connectivity index (χ2n) is 5.49. The van der Waals surface area contributed by atoms with Gasteiger partial charge < -0.3 is 23.5 Å². The van der Waals surface area contributed by atoms with E-state index < -0.39 is 5.97 Å². The highest BCUT2D eigenvalue weighted by atomic mass is 35.5. The van der Waals surface area contributed by atoms with E-state index in [0.29, 0.717) is 27.8 Å². The van der Waals surface area contributed by atoms with Crippen molar-refractivity contribution in [2.24, 2.45) is 0 Å². The van der Waals surface area contributed by atoms with Crippen molar-refractivity contribution in [2.75, 3.05) is 21.3 Å². The Kier molecular flexibility index (Phi) is 6.00. The van der Waals surface area contributed by atoms with Crippen molar-refractivity contribution in [1.29, 1.82) is 0 Å². The monoisotopic (exact) mass is 404 g/mol. The van der Waals surface area contributed by atoms with Crippen molar-refractivity contribution in [3.8, 4) is 28.7 Å². The number of hydrogen-bond donors (Lipinski definition) is 0. The normalized spacial score (nSPS) is 10.4. The van der Waals surface area contributed by atoms with Crippen LogP contribution in [0.2, 0.25) is 5.02 Å². The highest BCUT2D eigenvalue weighted by Gasteiger charge is 2.19. The summed E-state index contributed by atoms with van der Waals surface area (Å²) in [6.07, 6.45) is 0. The van der Waals surface area contributed by atoms with Gasteiger partial charge in [0.05, 0.1) is 37.5 Å². The molecule has 0 radical (unpaired) electrons. The molecule has 0 aliphatic rings. The van der Waals surface area contributed by atoms with Gasteiger partial charge in [0.2, 0.25) is 11.6 Å². The van der Waals surface area contributed by atoms with Crippen molar-refractivity contribution in [3.05, 3.63) is 52.8 Å². The van der Waals surface area contributed by atoms with Crippen LogP contribution in [0.25, 0.3) is 11.5 Å². The Morgan fingerprint density at radius 3 is 2.36 bits per heavy atom. The van der Waals surface area contributed by atoms with E-state index in [1.54, 1.807) is 24.3 Å². The first-order chi connectivity index (χ1) is 13.6. The number of esters is 1. The van der Waals surface area contributed by atoms with Gasteiger partial charge in [-0.25, -0.2) is 4.79 Å². The predicted octanol–water partition coefficient (Wildman–Crippen LogP) is 3.77. The van der Waals surface area contributed by atoms with Gasteiger partial charge >= 0.3 is 5.97 Å². The van der Waals surface area contributed by atoms with Crippen LogP contribution in [0, 0.1) is 0 Å². The van der Waals surface area contributed by atoms with E-state index in [2.05, 4.69) is 10.1 Å². The lowest BCUT2D eigenvalue weighted by Gasteiger charge is -2.13. The van der Waals surface area contributed by atoms with Crippen LogP contribution >= 0.6 is 11.6 Å². The third-order valence-electron chi connectivity index (χ3n) is 3.81. The van der Waals surface area contributed by atoms with E-state index in [4.69, 9.17) is 35.1 Å². The number of carbonyl (C=O) groups is 1. The molecule has 0 saturated carbocycles. The number of carbonyl (C=O) groups excluding carboxylic acids is 1. The zero-order chi connectivity index (χ0) is 20.1. The van der Waals surface area contributed by atoms with Crippen molar-refractivity contribution in [2.45, 2.75) is 6.61 Å². The minimum absolute atomic E-state index is 0.177. The summed E-state index contributed by atoms with van der Waals surface area (Å²) in [7, 11) is 4.40. The molecule has 0 aliphatic heterocycles. The quantitative estimate of drug-likeness (QED) is 0.549. The number of hydrogen-bond acceptors (Lipinski definition) is 8. The third-order valence-corrected chi connectivity index (χ3v) is 4.13. The molecule has 2 aromatic carbocycles. The topological polar surface area (TPSA) is 92.9 Å². The van der Waals surface area contributed by atoms with E-state index in [1.165, 1.54) is 33.5 Å². The molecule has 0 bridgehead atoms. The second kappa shape index (κ2) is 8.62. The summed E-state index contributed by atoms with van der Waals surface area (Å²) in [6, 6.07) is 10.1. The van der Waals surface area contributed by atoms with Gasteiger partial charge in [0.15, 0.2) is 18.1 Å². The molecular formula is C19H17ClN2O6. The average molecular weight is 405 g/mol. The Labute approximate surface area is 165 Å². The zero-order valence-corrected chi connectivity index (χ0v) is 16.1. The molecule has 9 heteroatoms. The predicted molar refractivity (Wildman–Crippen MR) is 100.0 cm³/mol. The lowest BCUT2D eigenvalue weighted by atomic mass is 10.2. The fourth-order valence-electron chi connectivity index (χ4n) is 2.47. The maximum atomic E-state index is 12.4. The fourth-order valence-corrected chi connectivity index (χ4v) is 2.69. The van der Waals surface area contributed by atoms with Crippen molar-refractivity contribution in [3.63, 3.8) is 0 Å². The number of methoxy groups -OCH3 is 3. The van der Waals surface area contributed by atoms with Crippen LogP contribution in [0.5, 0.6) is 17.2 Å². The van der Waals surface area contributed by atoms with E-state index in [0.717, 1.165) is 0 Å². The number of aromatic nitrogens is 2. The first-order valence-electron chi connectivity index (χ1n) is 8.12. The molecule has 0 spiro atoms. The summed E-state index contributed by atoms with van der Waals surface area (Å²) >= 11 is 6.11. The number of benzene rings is 2. The van der Waals surface area contributed by atoms with Crippen LogP contribution in [0.4, 0.5) is 0 Å². The molecule has 3 rings (SSSR count). The molecule has 8 nitrogen and oxygen atoms in total. The molecule has 146 valence electrons. The molecule has 0 unspecified atom stereocenters. The number of rotatable bonds is 7. The molecular weight excluding hydrogens is 388 g/mol. The summed E-state index contributed by atoms with van der Waals surface area (Å²) in [5, 5.41) is 4.28. The van der Waals surface area contributed by atoms with Crippen LogP contribution in [-0.2, 0) is 11.3 Å². The fraction of sp³-hybridized carbons (Fsp3) is 0.211. The van der Waals surface area contributed by atoms with Crippen LogP contribution < -0.4 is 14.2 Å². The Bertz CT molecular complexity index is 963. The summed E-state index contributed by atoms with van der Waals surface area (Å²) in [4.78, 5) is 16.6. The molecule has 28 heavy (non-hydrogen) atoms. The standard InChI is InChI=1S/C19H17ClN2O6/c1-24-14-8-11(9-15(25-2)17(14)26-3)19(23)27-10-16-21-18(28-22-16)12-6-4-5-7-13(12)20/h4-9H,10H2,1-3H3. The highest BCUT2D eigenvalue weighted by molar-refractivity contribution is 6.33. The van der Waals surface area contributed by atoms with Crippen LogP contribution in [0.15, 0.2) is 40.9 Å². The largest absolute Gasteiger partial charge is 0.493 e. The molecule has 3 aromatic rings. The molecule has 0 amide bonds. The lowest BCUT2D eigenvalue weighted by molar-refractivity contribution is 0.0458. The van der Waals surface area contributed by atoms with Gasteiger partial charge in [0.25, 0.3) is 5.89 Å². The minimum Gasteiger partial charge on any atom is -0.493 e. The first-order valence-corrected chi connectivity index (χ1v) is 8.49. The lowest BCUT2D eigenvalue weighted by Crippen LogP contribution is -2.07. The summed E-state index contributed by atoms with van der Waals surface area (Å²) in [6.45, 7) is -0.177. The van der Waals surface area contributed by atoms with E-state index in [-0.39, 0.29) is 23.9 Å². The van der Waals surface area contributed by atoms with Crippen LogP contribution in [0.3, 0.4) is 0 Å². The van der Waals surface area contributed by atoms with Crippen molar-refractivity contribution < 1.29 is 28.3 Å². The number of nitrogens with zero attached hydrogens (tertiary/aromatic N) is 2. The molecule has 0 N–H and O–H groups in total. The third kappa shape index (κ3) is 4.01. The van der Waals surface area contributed by atoms with Crippen LogP contribution in [0.1, 0.15) is 16.2 Å². The second-order valence-corrected chi connectivity index (χ2v) is 5.89. The van der Waals surface area contributed by atoms with Gasteiger partial charge in [-0.3, -0.25) is 0 Å².